The van der Waals surface area contributed by atoms with Gasteiger partial charge >= 0.3 is 17.9 Å². The summed E-state index contributed by atoms with van der Waals surface area (Å²) >= 11 is 0. The molecule has 0 bridgehead atoms. The zero-order valence-corrected chi connectivity index (χ0v) is 17.5. The van der Waals surface area contributed by atoms with E-state index in [2.05, 4.69) is 13.5 Å². The van der Waals surface area contributed by atoms with Gasteiger partial charge in [0.1, 0.15) is 0 Å². The Morgan fingerprint density at radius 2 is 1.07 bits per heavy atom. The summed E-state index contributed by atoms with van der Waals surface area (Å²) in [6.07, 6.45) is 12.3. The molecule has 0 aromatic carbocycles. The number of esters is 3. The molecule has 0 unspecified atom stereocenters. The smallest absolute Gasteiger partial charge is 0.330 e. The maximum Gasteiger partial charge on any atom is 0.330 e. The van der Waals surface area contributed by atoms with Crippen LogP contribution in [0.25, 0.3) is 0 Å². The lowest BCUT2D eigenvalue weighted by Gasteiger charge is -2.06. The van der Waals surface area contributed by atoms with Crippen molar-refractivity contribution in [2.24, 2.45) is 0 Å². The molecule has 162 valence electrons. The van der Waals surface area contributed by atoms with Gasteiger partial charge in [-0.05, 0) is 44.9 Å². The molecule has 0 N–H and O–H groups in total. The van der Waals surface area contributed by atoms with Crippen LogP contribution in [0.1, 0.15) is 90.4 Å². The van der Waals surface area contributed by atoms with E-state index in [9.17, 15) is 14.4 Å². The molecule has 0 rings (SSSR count). The van der Waals surface area contributed by atoms with E-state index in [1.807, 2.05) is 0 Å². The van der Waals surface area contributed by atoms with Gasteiger partial charge in [0.25, 0.3) is 0 Å². The van der Waals surface area contributed by atoms with Gasteiger partial charge < -0.3 is 14.2 Å². The fourth-order valence-corrected chi connectivity index (χ4v) is 2.55. The number of hydrogen-bond donors (Lipinski definition) is 0. The van der Waals surface area contributed by atoms with Crippen LogP contribution < -0.4 is 0 Å². The summed E-state index contributed by atoms with van der Waals surface area (Å²) in [5.74, 6) is -0.757. The molecule has 0 aliphatic carbocycles. The summed E-state index contributed by atoms with van der Waals surface area (Å²) in [4.78, 5) is 34.0. The zero-order chi connectivity index (χ0) is 20.9. The predicted molar refractivity (Wildman–Crippen MR) is 109 cm³/mol. The van der Waals surface area contributed by atoms with E-state index in [0.717, 1.165) is 57.4 Å². The first-order valence-corrected chi connectivity index (χ1v) is 10.7. The summed E-state index contributed by atoms with van der Waals surface area (Å²) in [6, 6.07) is 0. The average Bonchev–Trinajstić information content (AvgIpc) is 2.69. The van der Waals surface area contributed by atoms with Crippen molar-refractivity contribution >= 4 is 17.9 Å². The first-order valence-electron chi connectivity index (χ1n) is 10.7. The number of carbonyl (C=O) groups is 3. The number of hydrogen-bond acceptors (Lipinski definition) is 6. The van der Waals surface area contributed by atoms with Crippen LogP contribution in [-0.2, 0) is 28.6 Å². The molecule has 0 saturated heterocycles. The van der Waals surface area contributed by atoms with Crippen molar-refractivity contribution in [3.63, 3.8) is 0 Å². The minimum Gasteiger partial charge on any atom is -0.466 e. The molecule has 0 atom stereocenters. The molecule has 0 aromatic heterocycles. The van der Waals surface area contributed by atoms with Crippen LogP contribution in [0.5, 0.6) is 0 Å². The minimum atomic E-state index is -0.421. The SMILES string of the molecule is C=CC(=O)OCCCCCC(=O)OCCCCCC(=O)OCCCCCCC. The predicted octanol–water partition coefficient (Wildman–Crippen LogP) is 4.89. The molecule has 0 amide bonds. The maximum atomic E-state index is 11.6. The van der Waals surface area contributed by atoms with Gasteiger partial charge in [-0.3, -0.25) is 9.59 Å². The average molecular weight is 399 g/mol. The molecule has 6 heteroatoms. The van der Waals surface area contributed by atoms with Crippen molar-refractivity contribution in [1.29, 1.82) is 0 Å². The molecule has 6 nitrogen and oxygen atoms in total. The molecule has 0 radical (unpaired) electrons. The Morgan fingerprint density at radius 1 is 0.643 bits per heavy atom. The fraction of sp³-hybridized carbons (Fsp3) is 0.773. The van der Waals surface area contributed by atoms with Gasteiger partial charge in [-0.1, -0.05) is 39.2 Å². The zero-order valence-electron chi connectivity index (χ0n) is 17.5. The molecule has 0 saturated carbocycles. The van der Waals surface area contributed by atoms with Crippen LogP contribution in [0.15, 0.2) is 12.7 Å². The number of ether oxygens (including phenoxy) is 3. The Balaban J connectivity index is 3.34. The summed E-state index contributed by atoms with van der Waals surface area (Å²) in [5.41, 5.74) is 0. The standard InChI is InChI=1S/C22H38O6/c1-3-5-6-7-12-18-27-21(24)16-11-9-14-19-28-22(25)15-10-8-13-17-26-20(23)4-2/h4H,2-3,5-19H2,1H3. The lowest BCUT2D eigenvalue weighted by Crippen LogP contribution is -2.07. The second-order valence-corrected chi connectivity index (χ2v) is 6.85. The first kappa shape index (κ1) is 26.1. The summed E-state index contributed by atoms with van der Waals surface area (Å²) in [6.45, 7) is 6.76. The van der Waals surface area contributed by atoms with Gasteiger partial charge in [-0.2, -0.15) is 0 Å². The van der Waals surface area contributed by atoms with Crippen molar-refractivity contribution in [3.8, 4) is 0 Å². The Morgan fingerprint density at radius 3 is 1.54 bits per heavy atom. The third kappa shape index (κ3) is 18.9. The van der Waals surface area contributed by atoms with Crippen molar-refractivity contribution in [2.45, 2.75) is 90.4 Å². The molecule has 0 aromatic rings. The van der Waals surface area contributed by atoms with Crippen molar-refractivity contribution < 1.29 is 28.6 Å². The van der Waals surface area contributed by atoms with Crippen LogP contribution in [0, 0.1) is 0 Å². The van der Waals surface area contributed by atoms with E-state index in [-0.39, 0.29) is 11.9 Å². The second kappa shape index (κ2) is 19.9. The lowest BCUT2D eigenvalue weighted by atomic mass is 10.2. The quantitative estimate of drug-likeness (QED) is 0.133. The molecule has 0 fully saturated rings. The Hall–Kier alpha value is -1.85. The van der Waals surface area contributed by atoms with E-state index in [0.29, 0.717) is 32.7 Å². The summed E-state index contributed by atoms with van der Waals surface area (Å²) in [5, 5.41) is 0. The highest BCUT2D eigenvalue weighted by atomic mass is 16.5. The molecular weight excluding hydrogens is 360 g/mol. The van der Waals surface area contributed by atoms with Crippen molar-refractivity contribution in [3.05, 3.63) is 12.7 Å². The van der Waals surface area contributed by atoms with Crippen LogP contribution in [0.4, 0.5) is 0 Å². The first-order chi connectivity index (χ1) is 13.6. The van der Waals surface area contributed by atoms with E-state index in [1.165, 1.54) is 19.3 Å². The fourth-order valence-electron chi connectivity index (χ4n) is 2.55. The van der Waals surface area contributed by atoms with Crippen LogP contribution >= 0.6 is 0 Å². The Labute approximate surface area is 170 Å². The highest BCUT2D eigenvalue weighted by molar-refractivity contribution is 5.81. The molecule has 0 aliphatic rings. The van der Waals surface area contributed by atoms with Crippen molar-refractivity contribution in [2.75, 3.05) is 19.8 Å². The summed E-state index contributed by atoms with van der Waals surface area (Å²) < 4.78 is 15.2. The van der Waals surface area contributed by atoms with Gasteiger partial charge in [0.2, 0.25) is 0 Å². The maximum absolute atomic E-state index is 11.6. The van der Waals surface area contributed by atoms with Gasteiger partial charge in [0, 0.05) is 18.9 Å². The van der Waals surface area contributed by atoms with Gasteiger partial charge in [-0.25, -0.2) is 4.79 Å². The second-order valence-electron chi connectivity index (χ2n) is 6.85. The number of rotatable bonds is 19. The van der Waals surface area contributed by atoms with E-state index < -0.39 is 5.97 Å². The van der Waals surface area contributed by atoms with Crippen LogP contribution in [-0.4, -0.2) is 37.7 Å². The highest BCUT2D eigenvalue weighted by Crippen LogP contribution is 2.06. The van der Waals surface area contributed by atoms with Gasteiger partial charge in [-0.15, -0.1) is 0 Å². The monoisotopic (exact) mass is 398 g/mol. The largest absolute Gasteiger partial charge is 0.466 e. The summed E-state index contributed by atoms with van der Waals surface area (Å²) in [7, 11) is 0. The van der Waals surface area contributed by atoms with Crippen LogP contribution in [0.3, 0.4) is 0 Å². The molecule has 0 aliphatic heterocycles. The van der Waals surface area contributed by atoms with E-state index >= 15 is 0 Å². The minimum absolute atomic E-state index is 0.133. The number of unbranched alkanes of at least 4 members (excludes halogenated alkanes) is 8. The van der Waals surface area contributed by atoms with E-state index in [4.69, 9.17) is 14.2 Å². The Kier molecular flexibility index (Phi) is 18.6. The molecular formula is C22H38O6. The molecule has 0 spiro atoms. The normalized spacial score (nSPS) is 10.3. The molecule has 28 heavy (non-hydrogen) atoms. The number of carbonyl (C=O) groups excluding carboxylic acids is 3. The molecule has 0 heterocycles. The van der Waals surface area contributed by atoms with Crippen molar-refractivity contribution in [1.82, 2.24) is 0 Å². The van der Waals surface area contributed by atoms with Gasteiger partial charge in [0.05, 0.1) is 19.8 Å². The lowest BCUT2D eigenvalue weighted by molar-refractivity contribution is -0.145. The van der Waals surface area contributed by atoms with Crippen LogP contribution in [0.2, 0.25) is 0 Å². The Bertz CT molecular complexity index is 433. The van der Waals surface area contributed by atoms with E-state index in [1.54, 1.807) is 0 Å². The highest BCUT2D eigenvalue weighted by Gasteiger charge is 2.05. The third-order valence-corrected chi connectivity index (χ3v) is 4.24. The topological polar surface area (TPSA) is 78.9 Å². The third-order valence-electron chi connectivity index (χ3n) is 4.24. The van der Waals surface area contributed by atoms with Gasteiger partial charge in [0.15, 0.2) is 0 Å².